The molecule has 2 N–H and O–H groups in total. The van der Waals surface area contributed by atoms with Crippen LogP contribution in [0.3, 0.4) is 0 Å². The summed E-state index contributed by atoms with van der Waals surface area (Å²) in [6, 6.07) is 13.1. The first-order valence-corrected chi connectivity index (χ1v) is 11.8. The number of non-ortho nitro benzene ring substituents is 2. The second-order valence-corrected chi connectivity index (χ2v) is 7.96. The van der Waals surface area contributed by atoms with E-state index in [-0.39, 0.29) is 24.0 Å². The number of rotatable bonds is 11. The fourth-order valence-corrected chi connectivity index (χ4v) is 3.22. The summed E-state index contributed by atoms with van der Waals surface area (Å²) in [6.45, 7) is 3.61. The van der Waals surface area contributed by atoms with Crippen molar-refractivity contribution in [3.05, 3.63) is 97.6 Å². The van der Waals surface area contributed by atoms with Crippen molar-refractivity contribution in [2.75, 3.05) is 11.9 Å². The summed E-state index contributed by atoms with van der Waals surface area (Å²) in [5.41, 5.74) is 2.03. The van der Waals surface area contributed by atoms with Crippen molar-refractivity contribution >= 4 is 41.1 Å². The number of carbonyl (C=O) groups is 3. The highest BCUT2D eigenvalue weighted by atomic mass is 16.6. The molecule has 14 nitrogen and oxygen atoms in total. The third-order valence-electron chi connectivity index (χ3n) is 5.16. The lowest BCUT2D eigenvalue weighted by Crippen LogP contribution is -2.17. The molecular formula is C26H23N5O9. The van der Waals surface area contributed by atoms with E-state index in [4.69, 9.17) is 9.47 Å². The first-order chi connectivity index (χ1) is 19.1. The molecule has 0 radical (unpaired) electrons. The van der Waals surface area contributed by atoms with Crippen LogP contribution in [0.5, 0.6) is 11.5 Å². The van der Waals surface area contributed by atoms with Gasteiger partial charge in [0.15, 0.2) is 11.5 Å². The van der Waals surface area contributed by atoms with Crippen LogP contribution in [0.15, 0.2) is 65.8 Å². The van der Waals surface area contributed by atoms with Crippen LogP contribution >= 0.6 is 0 Å². The Hall–Kier alpha value is -5.66. The first-order valence-electron chi connectivity index (χ1n) is 11.8. The zero-order valence-corrected chi connectivity index (χ0v) is 21.3. The number of hydrogen-bond donors (Lipinski definition) is 2. The van der Waals surface area contributed by atoms with Crippen molar-refractivity contribution in [1.82, 2.24) is 5.43 Å². The van der Waals surface area contributed by atoms with Gasteiger partial charge in [0.1, 0.15) is 0 Å². The average molecular weight is 549 g/mol. The number of carbonyl (C=O) groups excluding carboxylic acids is 3. The molecule has 3 aromatic carbocycles. The maximum atomic E-state index is 12.7. The van der Waals surface area contributed by atoms with Gasteiger partial charge in [-0.2, -0.15) is 5.10 Å². The van der Waals surface area contributed by atoms with Gasteiger partial charge in [0.25, 0.3) is 17.3 Å². The zero-order chi connectivity index (χ0) is 29.2. The van der Waals surface area contributed by atoms with Crippen LogP contribution in [0.2, 0.25) is 0 Å². The topological polar surface area (TPSA) is 192 Å². The maximum absolute atomic E-state index is 12.7. The van der Waals surface area contributed by atoms with Crippen molar-refractivity contribution in [3.63, 3.8) is 0 Å². The van der Waals surface area contributed by atoms with E-state index >= 15 is 0 Å². The summed E-state index contributed by atoms with van der Waals surface area (Å²) in [7, 11) is 0. The van der Waals surface area contributed by atoms with Gasteiger partial charge in [-0.05, 0) is 55.0 Å². The Labute approximate surface area is 226 Å². The monoisotopic (exact) mass is 549 g/mol. The van der Waals surface area contributed by atoms with Gasteiger partial charge in [-0.15, -0.1) is 0 Å². The summed E-state index contributed by atoms with van der Waals surface area (Å²) < 4.78 is 10.8. The van der Waals surface area contributed by atoms with E-state index in [0.717, 1.165) is 18.2 Å². The van der Waals surface area contributed by atoms with Crippen LogP contribution in [0.25, 0.3) is 0 Å². The van der Waals surface area contributed by atoms with Gasteiger partial charge in [-0.25, -0.2) is 10.2 Å². The lowest BCUT2D eigenvalue weighted by molar-refractivity contribution is -0.394. The molecule has 0 bridgehead atoms. The van der Waals surface area contributed by atoms with Crippen LogP contribution in [-0.4, -0.2) is 40.5 Å². The molecule has 14 heteroatoms. The number of anilines is 1. The van der Waals surface area contributed by atoms with Gasteiger partial charge in [0.2, 0.25) is 5.91 Å². The van der Waals surface area contributed by atoms with E-state index in [0.29, 0.717) is 23.2 Å². The Kier molecular flexibility index (Phi) is 9.56. The molecule has 3 rings (SSSR count). The third-order valence-corrected chi connectivity index (χ3v) is 5.16. The van der Waals surface area contributed by atoms with Crippen LogP contribution in [0.1, 0.15) is 46.5 Å². The number of hydrogen-bond acceptors (Lipinski definition) is 10. The number of nitro groups is 2. The minimum Gasteiger partial charge on any atom is -0.490 e. The van der Waals surface area contributed by atoms with Crippen LogP contribution < -0.4 is 20.2 Å². The average Bonchev–Trinajstić information content (AvgIpc) is 2.94. The maximum Gasteiger partial charge on any atom is 0.344 e. The zero-order valence-electron chi connectivity index (χ0n) is 21.3. The summed E-state index contributed by atoms with van der Waals surface area (Å²) in [5, 5.41) is 28.8. The van der Waals surface area contributed by atoms with Crippen molar-refractivity contribution in [3.8, 4) is 11.5 Å². The molecular weight excluding hydrogens is 526 g/mol. The smallest absolute Gasteiger partial charge is 0.344 e. The van der Waals surface area contributed by atoms with E-state index < -0.39 is 38.7 Å². The fourth-order valence-electron chi connectivity index (χ4n) is 3.22. The SMILES string of the molecule is CCOc1cc(/C=N/NC(=O)c2ccc(NC(=O)CC)cc2)ccc1OC(=O)c1cc([N+](=O)[O-])cc([N+](=O)[O-])c1. The molecule has 0 saturated carbocycles. The molecule has 206 valence electrons. The van der Waals surface area contributed by atoms with Crippen LogP contribution in [0.4, 0.5) is 17.1 Å². The molecule has 0 spiro atoms. The molecule has 2 amide bonds. The summed E-state index contributed by atoms with van der Waals surface area (Å²) in [6.07, 6.45) is 1.65. The van der Waals surface area contributed by atoms with Gasteiger partial charge in [-0.3, -0.25) is 29.8 Å². The van der Waals surface area contributed by atoms with Crippen molar-refractivity contribution in [2.45, 2.75) is 20.3 Å². The molecule has 0 aromatic heterocycles. The fraction of sp³-hybridized carbons (Fsp3) is 0.154. The van der Waals surface area contributed by atoms with E-state index in [1.165, 1.54) is 36.5 Å². The lowest BCUT2D eigenvalue weighted by Gasteiger charge is -2.11. The number of nitro benzene ring substituents is 2. The highest BCUT2D eigenvalue weighted by Crippen LogP contribution is 2.30. The van der Waals surface area contributed by atoms with Crippen molar-refractivity contribution < 1.29 is 33.7 Å². The van der Waals surface area contributed by atoms with Crippen molar-refractivity contribution in [2.24, 2.45) is 5.10 Å². The largest absolute Gasteiger partial charge is 0.490 e. The van der Waals surface area contributed by atoms with E-state index in [9.17, 15) is 34.6 Å². The molecule has 40 heavy (non-hydrogen) atoms. The van der Waals surface area contributed by atoms with Gasteiger partial charge >= 0.3 is 5.97 Å². The van der Waals surface area contributed by atoms with Crippen molar-refractivity contribution in [1.29, 1.82) is 0 Å². The minimum absolute atomic E-state index is 0.0440. The molecule has 0 saturated heterocycles. The first kappa shape index (κ1) is 28.9. The predicted molar refractivity (Wildman–Crippen MR) is 143 cm³/mol. The van der Waals surface area contributed by atoms with E-state index in [1.807, 2.05) is 0 Å². The quantitative estimate of drug-likeness (QED) is 0.116. The predicted octanol–water partition coefficient (Wildman–Crippen LogP) is 4.23. The molecule has 0 fully saturated rings. The minimum atomic E-state index is -1.07. The number of nitrogens with zero attached hydrogens (tertiary/aromatic N) is 3. The Morgan fingerprint density at radius 1 is 0.875 bits per heavy atom. The van der Waals surface area contributed by atoms with Gasteiger partial charge in [0.05, 0.1) is 34.3 Å². The Balaban J connectivity index is 1.72. The molecule has 0 aliphatic rings. The number of benzene rings is 3. The summed E-state index contributed by atoms with van der Waals surface area (Å²) in [5.74, 6) is -1.64. The normalized spacial score (nSPS) is 10.6. The number of ether oxygens (including phenoxy) is 2. The standard InChI is InChI=1S/C26H23N5O9/c1-3-24(32)28-19-8-6-17(7-9-19)25(33)29-27-15-16-5-10-22(23(11-16)39-4-2)40-26(34)18-12-20(30(35)36)14-21(13-18)31(37)38/h5-15H,3-4H2,1-2H3,(H,28,32)(H,29,33)/b27-15+. The highest BCUT2D eigenvalue weighted by Gasteiger charge is 2.22. The Morgan fingerprint density at radius 2 is 1.52 bits per heavy atom. The Morgan fingerprint density at radius 3 is 2.10 bits per heavy atom. The molecule has 0 unspecified atom stereocenters. The third kappa shape index (κ3) is 7.67. The van der Waals surface area contributed by atoms with Gasteiger partial charge < -0.3 is 14.8 Å². The number of hydrazone groups is 1. The summed E-state index contributed by atoms with van der Waals surface area (Å²) >= 11 is 0. The number of esters is 1. The molecule has 0 aliphatic carbocycles. The second kappa shape index (κ2) is 13.2. The Bertz CT molecular complexity index is 1450. The molecule has 0 heterocycles. The summed E-state index contributed by atoms with van der Waals surface area (Å²) in [4.78, 5) is 57.0. The second-order valence-electron chi connectivity index (χ2n) is 7.96. The van der Waals surface area contributed by atoms with Gasteiger partial charge in [0, 0.05) is 29.8 Å². The number of amides is 2. The van der Waals surface area contributed by atoms with Gasteiger partial charge in [-0.1, -0.05) is 6.92 Å². The van der Waals surface area contributed by atoms with E-state index in [2.05, 4.69) is 15.8 Å². The van der Waals surface area contributed by atoms with Crippen LogP contribution in [-0.2, 0) is 4.79 Å². The molecule has 3 aromatic rings. The highest BCUT2D eigenvalue weighted by molar-refractivity contribution is 5.96. The lowest BCUT2D eigenvalue weighted by atomic mass is 10.1. The van der Waals surface area contributed by atoms with E-state index in [1.54, 1.807) is 26.0 Å². The van der Waals surface area contributed by atoms with Crippen LogP contribution in [0, 0.1) is 20.2 Å². The molecule has 0 atom stereocenters. The molecule has 0 aliphatic heterocycles. The number of nitrogens with one attached hydrogen (secondary N) is 2.